The van der Waals surface area contributed by atoms with E-state index in [0.29, 0.717) is 0 Å². The van der Waals surface area contributed by atoms with Crippen LogP contribution in [0.25, 0.3) is 0 Å². The first-order valence-electron chi connectivity index (χ1n) is 20.8. The first kappa shape index (κ1) is 49.5. The molecule has 0 amide bonds. The van der Waals surface area contributed by atoms with E-state index >= 15 is 0 Å². The van der Waals surface area contributed by atoms with Gasteiger partial charge in [0, 0.05) is 0 Å². The van der Waals surface area contributed by atoms with Crippen LogP contribution in [-0.2, 0) is 0 Å². The van der Waals surface area contributed by atoms with Crippen LogP contribution in [0, 0.1) is 46.5 Å². The van der Waals surface area contributed by atoms with Crippen LogP contribution in [0.5, 0.6) is 46.0 Å². The minimum Gasteiger partial charge on any atom is -0.413 e. The van der Waals surface area contributed by atoms with Crippen LogP contribution in [-0.4, -0.2) is 0 Å². The van der Waals surface area contributed by atoms with E-state index in [-0.39, 0.29) is 46.0 Å². The highest BCUT2D eigenvalue weighted by Crippen LogP contribution is 2.79. The van der Waals surface area contributed by atoms with E-state index in [4.69, 9.17) is 54.3 Å². The molecule has 0 atom stereocenters. The molecule has 72 heavy (non-hydrogen) atoms. The first-order valence-corrected chi connectivity index (χ1v) is 26.9. The predicted octanol–water partition coefficient (Wildman–Crippen LogP) is 17.5. The van der Waals surface area contributed by atoms with Gasteiger partial charge in [0.25, 0.3) is 0 Å². The van der Waals surface area contributed by atoms with Crippen molar-refractivity contribution in [3.05, 3.63) is 241 Å². The summed E-state index contributed by atoms with van der Waals surface area (Å²) in [5, 5.41) is 0. The second-order valence-electron chi connectivity index (χ2n) is 14.7. The molecule has 0 aliphatic carbocycles. The van der Waals surface area contributed by atoms with Gasteiger partial charge in [0.1, 0.15) is 92.5 Å². The van der Waals surface area contributed by atoms with Gasteiger partial charge in [0.05, 0.1) is 0 Å². The van der Waals surface area contributed by atoms with Crippen molar-refractivity contribution in [3.63, 3.8) is 0 Å². The van der Waals surface area contributed by atoms with Crippen LogP contribution in [0.2, 0.25) is 0 Å². The number of halogens is 8. The zero-order chi connectivity index (χ0) is 50.4. The summed E-state index contributed by atoms with van der Waals surface area (Å²) in [5.41, 5.74) is 0. The molecule has 9 rings (SSSR count). The fraction of sp³-hybridized carbons (Fsp3) is 0. The smallest absolute Gasteiger partial charge is 0.413 e. The maximum atomic E-state index is 14.6. The standard InChI is InChI=1S/C48H32F8N4O8P4/c49-33-1-17-41(18-2-33)61-69(62-42-19-3-34(50)4-20-42)57-70(63-43-21-5-35(51)6-22-43,64-44-23-7-36(52)8-24-44)59-72(67-47-29-13-39(55)14-30-47,68-48-31-15-40(56)16-32-48)60-71(58-69,65-45-25-9-37(53)10-26-45)66-46-27-11-38(54)12-28-46/h1-32H. The largest absolute Gasteiger partial charge is 0.460 e. The Morgan fingerprint density at radius 3 is 0.375 bits per heavy atom. The average molecular weight is 1070 g/mol. The molecule has 1 aliphatic rings. The Kier molecular flexibility index (Phi) is 14.5. The summed E-state index contributed by atoms with van der Waals surface area (Å²) in [6.45, 7) is 0. The lowest BCUT2D eigenvalue weighted by Gasteiger charge is -2.33. The van der Waals surface area contributed by atoms with Gasteiger partial charge in [-0.1, -0.05) is 18.1 Å². The Hall–Kier alpha value is -7.48. The van der Waals surface area contributed by atoms with Crippen LogP contribution in [0.3, 0.4) is 0 Å². The Balaban J connectivity index is 1.50. The van der Waals surface area contributed by atoms with Crippen molar-refractivity contribution in [1.29, 1.82) is 0 Å². The topological polar surface area (TPSA) is 123 Å². The van der Waals surface area contributed by atoms with Crippen LogP contribution in [0.4, 0.5) is 35.1 Å². The van der Waals surface area contributed by atoms with E-state index in [1.165, 1.54) is 97.1 Å². The molecule has 8 aromatic rings. The molecule has 1 aliphatic heterocycles. The van der Waals surface area contributed by atoms with E-state index < -0.39 is 77.2 Å². The Bertz CT molecular complexity index is 2730. The minimum absolute atomic E-state index is 0.213. The lowest BCUT2D eigenvalue weighted by atomic mass is 10.3. The first-order chi connectivity index (χ1) is 34.6. The summed E-state index contributed by atoms with van der Waals surface area (Å²) < 4.78 is 191. The molecule has 1 heterocycles. The van der Waals surface area contributed by atoms with Crippen LogP contribution in [0.15, 0.2) is 212 Å². The van der Waals surface area contributed by atoms with Gasteiger partial charge in [0.15, 0.2) is 0 Å². The zero-order valence-corrected chi connectivity index (χ0v) is 39.9. The molecule has 0 unspecified atom stereocenters. The van der Waals surface area contributed by atoms with Crippen molar-refractivity contribution in [2.24, 2.45) is 18.1 Å². The number of nitrogens with zero attached hydrogens (tertiary/aromatic N) is 4. The molecule has 0 saturated carbocycles. The van der Waals surface area contributed by atoms with Gasteiger partial charge in [-0.05, 0) is 194 Å². The fourth-order valence-corrected chi connectivity index (χ4v) is 18.2. The third-order valence-corrected chi connectivity index (χ3v) is 20.0. The molecule has 8 aromatic carbocycles. The highest BCUT2D eigenvalue weighted by molar-refractivity contribution is 7.79. The fourth-order valence-electron chi connectivity index (χ4n) is 6.07. The lowest BCUT2D eigenvalue weighted by molar-refractivity contribution is 0.442. The molecular formula is C48H32F8N4O8P4. The Morgan fingerprint density at radius 2 is 0.278 bits per heavy atom. The third kappa shape index (κ3) is 12.7. The SMILES string of the molecule is Fc1ccc(OP2(Oc3ccc(F)cc3)=NP(Oc3ccc(F)cc3)(Oc3ccc(F)cc3)=NP(Oc3ccc(F)cc3)(Oc3ccc(F)cc3)=NP(Oc3ccc(F)cc3)(Oc3ccc(F)cc3)=N2)cc1. The summed E-state index contributed by atoms with van der Waals surface area (Å²) >= 11 is 0. The van der Waals surface area contributed by atoms with E-state index in [9.17, 15) is 35.1 Å². The van der Waals surface area contributed by atoms with E-state index in [1.807, 2.05) is 0 Å². The maximum Gasteiger partial charge on any atom is 0.460 e. The molecule has 12 nitrogen and oxygen atoms in total. The van der Waals surface area contributed by atoms with E-state index in [0.717, 1.165) is 97.1 Å². The number of hydrogen-bond acceptors (Lipinski definition) is 12. The maximum absolute atomic E-state index is 14.6. The van der Waals surface area contributed by atoms with Crippen molar-refractivity contribution in [3.8, 4) is 46.0 Å². The van der Waals surface area contributed by atoms with Gasteiger partial charge in [0.2, 0.25) is 0 Å². The molecule has 0 bridgehead atoms. The molecular weight excluding hydrogens is 1040 g/mol. The third-order valence-electron chi connectivity index (χ3n) is 9.21. The summed E-state index contributed by atoms with van der Waals surface area (Å²) in [4.78, 5) is 0. The molecule has 0 aromatic heterocycles. The molecule has 0 saturated heterocycles. The number of hydrogen-bond donors (Lipinski definition) is 0. The normalized spacial score (nSPS) is 15.0. The van der Waals surface area contributed by atoms with Gasteiger partial charge in [-0.2, -0.15) is 0 Å². The number of rotatable bonds is 16. The van der Waals surface area contributed by atoms with Gasteiger partial charge < -0.3 is 36.2 Å². The van der Waals surface area contributed by atoms with E-state index in [2.05, 4.69) is 0 Å². The van der Waals surface area contributed by atoms with E-state index in [1.54, 1.807) is 0 Å². The second kappa shape index (κ2) is 21.1. The quantitative estimate of drug-likeness (QED) is 0.0692. The van der Waals surface area contributed by atoms with Gasteiger partial charge in [-0.15, -0.1) is 0 Å². The summed E-state index contributed by atoms with van der Waals surface area (Å²) in [6, 6.07) is 35.0. The van der Waals surface area contributed by atoms with Crippen LogP contribution in [0.1, 0.15) is 0 Å². The van der Waals surface area contributed by atoms with Gasteiger partial charge >= 0.3 is 30.6 Å². The average Bonchev–Trinajstić information content (AvgIpc) is 3.34. The molecule has 0 N–H and O–H groups in total. The Morgan fingerprint density at radius 1 is 0.181 bits per heavy atom. The minimum atomic E-state index is -5.07. The van der Waals surface area contributed by atoms with Crippen molar-refractivity contribution >= 4 is 30.6 Å². The second-order valence-corrected chi connectivity index (χ2v) is 22.9. The van der Waals surface area contributed by atoms with Crippen molar-refractivity contribution in [1.82, 2.24) is 0 Å². The lowest BCUT2D eigenvalue weighted by Crippen LogP contribution is -2.11. The molecule has 0 spiro atoms. The molecule has 0 fully saturated rings. The van der Waals surface area contributed by atoms with Gasteiger partial charge in [-0.25, -0.2) is 35.1 Å². The van der Waals surface area contributed by atoms with Crippen molar-refractivity contribution in [2.45, 2.75) is 0 Å². The van der Waals surface area contributed by atoms with Crippen LogP contribution < -0.4 is 36.2 Å². The molecule has 24 heteroatoms. The van der Waals surface area contributed by atoms with Crippen LogP contribution >= 0.6 is 30.6 Å². The summed E-state index contributed by atoms with van der Waals surface area (Å²) in [6.07, 6.45) is 0. The van der Waals surface area contributed by atoms with Gasteiger partial charge in [-0.3, -0.25) is 0 Å². The molecule has 368 valence electrons. The molecule has 0 radical (unpaired) electrons. The zero-order valence-electron chi connectivity index (χ0n) is 36.3. The Labute approximate surface area is 405 Å². The summed E-state index contributed by atoms with van der Waals surface area (Å²) in [5.74, 6) is -7.39. The highest BCUT2D eigenvalue weighted by atomic mass is 31.3. The predicted molar refractivity (Wildman–Crippen MR) is 254 cm³/mol. The monoisotopic (exact) mass is 1070 g/mol. The van der Waals surface area contributed by atoms with Crippen molar-refractivity contribution < 1.29 is 71.3 Å². The number of benzene rings is 8. The highest BCUT2D eigenvalue weighted by Gasteiger charge is 2.49. The van der Waals surface area contributed by atoms with Crippen molar-refractivity contribution in [2.75, 3.05) is 0 Å². The summed E-state index contributed by atoms with van der Waals surface area (Å²) in [7, 11) is -20.3.